The average molecular weight is 253 g/mol. The minimum absolute atomic E-state index is 0.0891. The van der Waals surface area contributed by atoms with E-state index in [1.165, 1.54) is 0 Å². The molecule has 1 heterocycles. The number of nitrogens with two attached hydrogens (primary N) is 1. The van der Waals surface area contributed by atoms with Crippen LogP contribution >= 0.6 is 0 Å². The molecule has 0 aromatic heterocycles. The van der Waals surface area contributed by atoms with Crippen molar-refractivity contribution in [3.05, 3.63) is 0 Å². The molecule has 0 unspecified atom stereocenters. The summed E-state index contributed by atoms with van der Waals surface area (Å²) in [6, 6.07) is 0.0955. The molecule has 18 heavy (non-hydrogen) atoms. The van der Waals surface area contributed by atoms with Gasteiger partial charge in [-0.15, -0.1) is 0 Å². The van der Waals surface area contributed by atoms with Gasteiger partial charge in [0.05, 0.1) is 5.92 Å². The van der Waals surface area contributed by atoms with Crippen molar-refractivity contribution in [3.63, 3.8) is 0 Å². The summed E-state index contributed by atoms with van der Waals surface area (Å²) in [6.45, 7) is 10.4. The van der Waals surface area contributed by atoms with Crippen molar-refractivity contribution in [3.8, 4) is 0 Å². The molecule has 0 bridgehead atoms. The van der Waals surface area contributed by atoms with Crippen LogP contribution in [0.3, 0.4) is 0 Å². The molecule has 1 saturated carbocycles. The van der Waals surface area contributed by atoms with Crippen LogP contribution in [-0.2, 0) is 4.79 Å². The Balaban J connectivity index is 1.88. The van der Waals surface area contributed by atoms with Crippen LogP contribution in [0.15, 0.2) is 0 Å². The summed E-state index contributed by atoms with van der Waals surface area (Å²) in [7, 11) is 0. The molecule has 0 radical (unpaired) electrons. The summed E-state index contributed by atoms with van der Waals surface area (Å²) >= 11 is 0. The number of rotatable bonds is 1. The second kappa shape index (κ2) is 5.17. The van der Waals surface area contributed by atoms with Crippen LogP contribution in [0.2, 0.25) is 0 Å². The molecule has 2 fully saturated rings. The van der Waals surface area contributed by atoms with Crippen LogP contribution in [0.4, 0.5) is 0 Å². The largest absolute Gasteiger partial charge is 0.340 e. The van der Waals surface area contributed by atoms with Crippen LogP contribution in [0.25, 0.3) is 0 Å². The molecule has 1 aliphatic heterocycles. The normalized spacial score (nSPS) is 30.8. The lowest BCUT2D eigenvalue weighted by Gasteiger charge is -2.43. The number of piperazine rings is 1. The second-order valence-corrected chi connectivity index (χ2v) is 6.68. The Kier molecular flexibility index (Phi) is 3.97. The van der Waals surface area contributed by atoms with E-state index in [2.05, 4.69) is 25.7 Å². The van der Waals surface area contributed by atoms with E-state index in [0.29, 0.717) is 5.91 Å². The van der Waals surface area contributed by atoms with Gasteiger partial charge in [0.1, 0.15) is 0 Å². The third-order valence-electron chi connectivity index (χ3n) is 4.43. The second-order valence-electron chi connectivity index (χ2n) is 6.68. The fraction of sp³-hybridized carbons (Fsp3) is 0.929. The van der Waals surface area contributed by atoms with Crippen molar-refractivity contribution in [2.24, 2.45) is 11.7 Å². The monoisotopic (exact) mass is 253 g/mol. The lowest BCUT2D eigenvalue weighted by atomic mass is 10.0. The van der Waals surface area contributed by atoms with Gasteiger partial charge in [0, 0.05) is 37.8 Å². The Morgan fingerprint density at radius 2 is 1.72 bits per heavy atom. The Labute approximate surface area is 110 Å². The standard InChI is InChI=1S/C14H27N3O/c1-14(2,3)17-9-7-16(8-10-17)13(18)11-5-4-6-12(11)15/h11-12H,4-10,15H2,1-3H3/t11-,12+/m1/s1. The predicted molar refractivity (Wildman–Crippen MR) is 73.2 cm³/mol. The number of carbonyl (C=O) groups excluding carboxylic acids is 1. The topological polar surface area (TPSA) is 49.6 Å². The lowest BCUT2D eigenvalue weighted by molar-refractivity contribution is -0.138. The van der Waals surface area contributed by atoms with Crippen molar-refractivity contribution >= 4 is 5.91 Å². The van der Waals surface area contributed by atoms with E-state index in [1.54, 1.807) is 0 Å². The smallest absolute Gasteiger partial charge is 0.227 e. The SMILES string of the molecule is CC(C)(C)N1CCN(C(=O)[C@@H]2CCC[C@@H]2N)CC1. The van der Waals surface area contributed by atoms with Crippen molar-refractivity contribution in [1.82, 2.24) is 9.80 Å². The first kappa shape index (κ1) is 13.8. The molecule has 0 spiro atoms. The third kappa shape index (κ3) is 2.86. The van der Waals surface area contributed by atoms with E-state index in [4.69, 9.17) is 5.73 Å². The van der Waals surface area contributed by atoms with Crippen LogP contribution in [-0.4, -0.2) is 53.5 Å². The molecule has 2 N–H and O–H groups in total. The van der Waals surface area contributed by atoms with Crippen molar-refractivity contribution in [2.75, 3.05) is 26.2 Å². The number of carbonyl (C=O) groups is 1. The third-order valence-corrected chi connectivity index (χ3v) is 4.43. The Hall–Kier alpha value is -0.610. The molecule has 104 valence electrons. The highest BCUT2D eigenvalue weighted by Gasteiger charge is 2.35. The molecular formula is C14H27N3O. The van der Waals surface area contributed by atoms with E-state index in [1.807, 2.05) is 4.90 Å². The first-order valence-electron chi connectivity index (χ1n) is 7.19. The summed E-state index contributed by atoms with van der Waals surface area (Å²) in [5, 5.41) is 0. The number of hydrogen-bond donors (Lipinski definition) is 1. The summed E-state index contributed by atoms with van der Waals surface area (Å²) in [4.78, 5) is 16.9. The highest BCUT2D eigenvalue weighted by Crippen LogP contribution is 2.26. The molecule has 1 saturated heterocycles. The molecule has 2 atom stereocenters. The van der Waals surface area contributed by atoms with Gasteiger partial charge in [-0.1, -0.05) is 6.42 Å². The maximum atomic E-state index is 12.4. The molecule has 0 aromatic rings. The van der Waals surface area contributed by atoms with Crippen LogP contribution in [0, 0.1) is 5.92 Å². The van der Waals surface area contributed by atoms with E-state index in [9.17, 15) is 4.79 Å². The Bertz CT molecular complexity index is 303. The van der Waals surface area contributed by atoms with Crippen LogP contribution in [0.5, 0.6) is 0 Å². The minimum atomic E-state index is 0.0891. The zero-order chi connectivity index (χ0) is 13.3. The fourth-order valence-corrected chi connectivity index (χ4v) is 3.13. The first-order valence-corrected chi connectivity index (χ1v) is 7.19. The number of hydrogen-bond acceptors (Lipinski definition) is 3. The van der Waals surface area contributed by atoms with Gasteiger partial charge in [0.25, 0.3) is 0 Å². The Morgan fingerprint density at radius 3 is 2.17 bits per heavy atom. The van der Waals surface area contributed by atoms with Gasteiger partial charge in [-0.3, -0.25) is 9.69 Å². The predicted octanol–water partition coefficient (Wildman–Crippen LogP) is 1.06. The Morgan fingerprint density at radius 1 is 1.11 bits per heavy atom. The van der Waals surface area contributed by atoms with Gasteiger partial charge in [-0.05, 0) is 33.6 Å². The summed E-state index contributed by atoms with van der Waals surface area (Å²) in [6.07, 6.45) is 3.11. The quantitative estimate of drug-likeness (QED) is 0.760. The van der Waals surface area contributed by atoms with Crippen LogP contribution in [0.1, 0.15) is 40.0 Å². The molecule has 4 heteroatoms. The fourth-order valence-electron chi connectivity index (χ4n) is 3.13. The van der Waals surface area contributed by atoms with Crippen LogP contribution < -0.4 is 5.73 Å². The van der Waals surface area contributed by atoms with Gasteiger partial charge in [0.2, 0.25) is 5.91 Å². The van der Waals surface area contributed by atoms with Gasteiger partial charge in [-0.25, -0.2) is 0 Å². The van der Waals surface area contributed by atoms with Gasteiger partial charge in [-0.2, -0.15) is 0 Å². The van der Waals surface area contributed by atoms with E-state index in [0.717, 1.165) is 45.4 Å². The summed E-state index contributed by atoms with van der Waals surface area (Å²) < 4.78 is 0. The molecule has 4 nitrogen and oxygen atoms in total. The molecule has 0 aromatic carbocycles. The summed E-state index contributed by atoms with van der Waals surface area (Å²) in [5.41, 5.74) is 6.23. The van der Waals surface area contributed by atoms with Gasteiger partial charge in [0.15, 0.2) is 0 Å². The highest BCUT2D eigenvalue weighted by molar-refractivity contribution is 5.80. The number of amides is 1. The van der Waals surface area contributed by atoms with Gasteiger partial charge < -0.3 is 10.6 Å². The van der Waals surface area contributed by atoms with Crippen molar-refractivity contribution in [1.29, 1.82) is 0 Å². The maximum absolute atomic E-state index is 12.4. The molecule has 2 aliphatic rings. The maximum Gasteiger partial charge on any atom is 0.227 e. The molecule has 1 aliphatic carbocycles. The number of nitrogens with zero attached hydrogens (tertiary/aromatic N) is 2. The first-order chi connectivity index (χ1) is 8.39. The van der Waals surface area contributed by atoms with Gasteiger partial charge >= 0.3 is 0 Å². The lowest BCUT2D eigenvalue weighted by Crippen LogP contribution is -2.56. The zero-order valence-electron chi connectivity index (χ0n) is 12.0. The zero-order valence-corrected chi connectivity index (χ0v) is 12.0. The van der Waals surface area contributed by atoms with Crippen molar-refractivity contribution in [2.45, 2.75) is 51.6 Å². The highest BCUT2D eigenvalue weighted by atomic mass is 16.2. The molecule has 2 rings (SSSR count). The molecule has 1 amide bonds. The molecular weight excluding hydrogens is 226 g/mol. The average Bonchev–Trinajstić information content (AvgIpc) is 2.73. The minimum Gasteiger partial charge on any atom is -0.340 e. The van der Waals surface area contributed by atoms with E-state index < -0.39 is 0 Å². The van der Waals surface area contributed by atoms with Crippen molar-refractivity contribution < 1.29 is 4.79 Å². The van der Waals surface area contributed by atoms with E-state index in [-0.39, 0.29) is 17.5 Å². The van der Waals surface area contributed by atoms with E-state index >= 15 is 0 Å². The summed E-state index contributed by atoms with van der Waals surface area (Å²) in [5.74, 6) is 0.389.